The molecule has 0 radical (unpaired) electrons. The van der Waals surface area contributed by atoms with E-state index in [1.165, 1.54) is 18.8 Å². The Kier molecular flexibility index (Phi) is 2.91. The van der Waals surface area contributed by atoms with E-state index in [0.29, 0.717) is 11.5 Å². The molecule has 2 unspecified atom stereocenters. The molecule has 18 heavy (non-hydrogen) atoms. The molecule has 0 aromatic carbocycles. The fourth-order valence-corrected chi connectivity index (χ4v) is 2.97. The van der Waals surface area contributed by atoms with Gasteiger partial charge >= 0.3 is 5.63 Å². The summed E-state index contributed by atoms with van der Waals surface area (Å²) in [6.45, 7) is 2.66. The van der Waals surface area contributed by atoms with Crippen LogP contribution in [-0.4, -0.2) is 36.5 Å². The first-order valence-corrected chi connectivity index (χ1v) is 6.36. The van der Waals surface area contributed by atoms with Gasteiger partial charge in [0.2, 0.25) is 0 Å². The van der Waals surface area contributed by atoms with Crippen molar-refractivity contribution in [3.05, 3.63) is 34.4 Å². The molecule has 1 amide bonds. The number of nitrogens with one attached hydrogen (secondary N) is 1. The predicted molar refractivity (Wildman–Crippen MR) is 65.4 cm³/mol. The zero-order valence-electron chi connectivity index (χ0n) is 10.1. The molecule has 5 heteroatoms. The zero-order chi connectivity index (χ0) is 12.5. The molecule has 5 nitrogen and oxygen atoms in total. The van der Waals surface area contributed by atoms with Gasteiger partial charge in [-0.05, 0) is 24.8 Å². The van der Waals surface area contributed by atoms with Gasteiger partial charge in [0, 0.05) is 31.7 Å². The third-order valence-corrected chi connectivity index (χ3v) is 3.89. The summed E-state index contributed by atoms with van der Waals surface area (Å²) in [4.78, 5) is 25.2. The smallest absolute Gasteiger partial charge is 0.335 e. The topological polar surface area (TPSA) is 62.6 Å². The second-order valence-electron chi connectivity index (χ2n) is 4.97. The van der Waals surface area contributed by atoms with Crippen LogP contribution in [0.4, 0.5) is 0 Å². The largest absolute Gasteiger partial charge is 0.430 e. The maximum atomic E-state index is 12.4. The molecule has 1 aromatic rings. The van der Waals surface area contributed by atoms with E-state index in [1.54, 1.807) is 6.07 Å². The number of piperidine rings is 1. The zero-order valence-corrected chi connectivity index (χ0v) is 10.1. The highest BCUT2D eigenvalue weighted by molar-refractivity contribution is 5.94. The summed E-state index contributed by atoms with van der Waals surface area (Å²) in [7, 11) is 0. The van der Waals surface area contributed by atoms with E-state index in [9.17, 15) is 9.59 Å². The standard InChI is InChI=1S/C13H16N2O3/c16-12-4-3-10(8-18-12)13(17)15-5-1-2-9-6-14-7-11(9)15/h3-4,8-9,11,14H,1-2,5-7H2. The van der Waals surface area contributed by atoms with E-state index < -0.39 is 5.63 Å². The van der Waals surface area contributed by atoms with Crippen molar-refractivity contribution in [2.24, 2.45) is 5.92 Å². The number of hydrogen-bond acceptors (Lipinski definition) is 4. The van der Waals surface area contributed by atoms with Gasteiger partial charge in [-0.3, -0.25) is 4.79 Å². The third kappa shape index (κ3) is 1.95. The first kappa shape index (κ1) is 11.5. The van der Waals surface area contributed by atoms with Crippen molar-refractivity contribution >= 4 is 5.91 Å². The molecule has 1 N–H and O–H groups in total. The van der Waals surface area contributed by atoms with E-state index in [2.05, 4.69) is 5.32 Å². The Labute approximate surface area is 105 Å². The lowest BCUT2D eigenvalue weighted by Gasteiger charge is -2.37. The summed E-state index contributed by atoms with van der Waals surface area (Å²) < 4.78 is 4.76. The van der Waals surface area contributed by atoms with E-state index in [-0.39, 0.29) is 11.9 Å². The highest BCUT2D eigenvalue weighted by Gasteiger charge is 2.37. The number of fused-ring (bicyclic) bond motifs is 1. The van der Waals surface area contributed by atoms with Gasteiger partial charge in [0.05, 0.1) is 5.56 Å². The molecule has 96 valence electrons. The lowest BCUT2D eigenvalue weighted by Crippen LogP contribution is -2.48. The van der Waals surface area contributed by atoms with Crippen LogP contribution in [0.25, 0.3) is 0 Å². The molecule has 0 saturated carbocycles. The Hall–Kier alpha value is -1.62. The quantitative estimate of drug-likeness (QED) is 0.784. The van der Waals surface area contributed by atoms with Crippen LogP contribution in [0.1, 0.15) is 23.2 Å². The number of carbonyl (C=O) groups is 1. The summed E-state index contributed by atoms with van der Waals surface area (Å²) in [6.07, 6.45) is 3.49. The van der Waals surface area contributed by atoms with Crippen molar-refractivity contribution in [3.8, 4) is 0 Å². The van der Waals surface area contributed by atoms with E-state index in [4.69, 9.17) is 4.42 Å². The minimum Gasteiger partial charge on any atom is -0.430 e. The molecule has 0 bridgehead atoms. The molecule has 0 aliphatic carbocycles. The molecule has 1 aromatic heterocycles. The molecule has 2 aliphatic rings. The van der Waals surface area contributed by atoms with Gasteiger partial charge in [-0.25, -0.2) is 4.79 Å². The normalized spacial score (nSPS) is 27.0. The average molecular weight is 248 g/mol. The monoisotopic (exact) mass is 248 g/mol. The Morgan fingerprint density at radius 2 is 2.28 bits per heavy atom. The summed E-state index contributed by atoms with van der Waals surface area (Å²) in [6, 6.07) is 3.13. The molecular weight excluding hydrogens is 232 g/mol. The van der Waals surface area contributed by atoms with Gasteiger partial charge in [-0.1, -0.05) is 0 Å². The van der Waals surface area contributed by atoms with Crippen molar-refractivity contribution in [2.75, 3.05) is 19.6 Å². The first-order chi connectivity index (χ1) is 8.75. The highest BCUT2D eigenvalue weighted by atomic mass is 16.4. The Morgan fingerprint density at radius 3 is 3.06 bits per heavy atom. The van der Waals surface area contributed by atoms with Crippen LogP contribution in [0, 0.1) is 5.92 Å². The van der Waals surface area contributed by atoms with Gasteiger partial charge < -0.3 is 14.6 Å². The van der Waals surface area contributed by atoms with Crippen LogP contribution in [0.5, 0.6) is 0 Å². The number of likely N-dealkylation sites (tertiary alicyclic amines) is 1. The maximum Gasteiger partial charge on any atom is 0.335 e. The number of carbonyl (C=O) groups excluding carboxylic acids is 1. The minimum atomic E-state index is -0.425. The van der Waals surface area contributed by atoms with Crippen LogP contribution in [0.2, 0.25) is 0 Å². The summed E-state index contributed by atoms with van der Waals surface area (Å²) >= 11 is 0. The van der Waals surface area contributed by atoms with Gasteiger partial charge in [-0.15, -0.1) is 0 Å². The van der Waals surface area contributed by atoms with Crippen LogP contribution in [0.15, 0.2) is 27.6 Å². The third-order valence-electron chi connectivity index (χ3n) is 3.89. The molecule has 2 saturated heterocycles. The Balaban J connectivity index is 1.83. The van der Waals surface area contributed by atoms with Crippen LogP contribution >= 0.6 is 0 Å². The summed E-state index contributed by atoms with van der Waals surface area (Å²) in [5.74, 6) is 0.538. The molecule has 2 atom stereocenters. The molecule has 2 aliphatic heterocycles. The van der Waals surface area contributed by atoms with Crippen molar-refractivity contribution in [2.45, 2.75) is 18.9 Å². The lowest BCUT2D eigenvalue weighted by molar-refractivity contribution is 0.0572. The maximum absolute atomic E-state index is 12.4. The summed E-state index contributed by atoms with van der Waals surface area (Å²) in [5.41, 5.74) is 0.0350. The summed E-state index contributed by atoms with van der Waals surface area (Å²) in [5, 5.41) is 3.34. The lowest BCUT2D eigenvalue weighted by atomic mass is 9.91. The fourth-order valence-electron chi connectivity index (χ4n) is 2.97. The predicted octanol–water partition coefficient (Wildman–Crippen LogP) is 0.464. The SMILES string of the molecule is O=C(c1ccc(=O)oc1)N1CCCC2CNCC21. The molecule has 3 rings (SSSR count). The van der Waals surface area contributed by atoms with Crippen molar-refractivity contribution < 1.29 is 9.21 Å². The second kappa shape index (κ2) is 4.57. The van der Waals surface area contributed by atoms with Gasteiger partial charge in [0.1, 0.15) is 6.26 Å². The first-order valence-electron chi connectivity index (χ1n) is 6.36. The highest BCUT2D eigenvalue weighted by Crippen LogP contribution is 2.27. The van der Waals surface area contributed by atoms with Crippen molar-refractivity contribution in [1.82, 2.24) is 10.2 Å². The fraction of sp³-hybridized carbons (Fsp3) is 0.538. The average Bonchev–Trinajstić information content (AvgIpc) is 2.87. The number of nitrogens with zero attached hydrogens (tertiary/aromatic N) is 1. The molecular formula is C13H16N2O3. The van der Waals surface area contributed by atoms with E-state index in [1.807, 2.05) is 4.90 Å². The van der Waals surface area contributed by atoms with Gasteiger partial charge in [0.25, 0.3) is 5.91 Å². The number of hydrogen-bond donors (Lipinski definition) is 1. The van der Waals surface area contributed by atoms with Crippen molar-refractivity contribution in [3.63, 3.8) is 0 Å². The Morgan fingerprint density at radius 1 is 1.39 bits per heavy atom. The van der Waals surface area contributed by atoms with Crippen LogP contribution in [-0.2, 0) is 0 Å². The molecule has 2 fully saturated rings. The van der Waals surface area contributed by atoms with E-state index in [0.717, 1.165) is 26.1 Å². The number of rotatable bonds is 1. The minimum absolute atomic E-state index is 0.0304. The van der Waals surface area contributed by atoms with E-state index >= 15 is 0 Å². The van der Waals surface area contributed by atoms with Crippen LogP contribution < -0.4 is 10.9 Å². The molecule has 0 spiro atoms. The second-order valence-corrected chi connectivity index (χ2v) is 4.97. The van der Waals surface area contributed by atoms with Gasteiger partial charge in [0.15, 0.2) is 0 Å². The van der Waals surface area contributed by atoms with Crippen molar-refractivity contribution in [1.29, 1.82) is 0 Å². The van der Waals surface area contributed by atoms with Gasteiger partial charge in [-0.2, -0.15) is 0 Å². The Bertz CT molecular complexity index is 491. The number of amides is 1. The van der Waals surface area contributed by atoms with Crippen LogP contribution in [0.3, 0.4) is 0 Å². The molecule has 3 heterocycles.